The van der Waals surface area contributed by atoms with Crippen LogP contribution in [0.3, 0.4) is 0 Å². The molecule has 0 saturated heterocycles. The normalized spacial score (nSPS) is 22.9. The second-order valence-corrected chi connectivity index (χ2v) is 11.0. The van der Waals surface area contributed by atoms with E-state index in [1.54, 1.807) is 32.0 Å². The highest BCUT2D eigenvalue weighted by Crippen LogP contribution is 2.80. The third kappa shape index (κ3) is 2.95. The van der Waals surface area contributed by atoms with Crippen molar-refractivity contribution in [3.05, 3.63) is 66.2 Å². The lowest BCUT2D eigenvalue weighted by atomic mass is 10.1. The van der Waals surface area contributed by atoms with Crippen molar-refractivity contribution >= 4 is 17.4 Å². The van der Waals surface area contributed by atoms with Crippen LogP contribution in [0, 0.1) is 0 Å². The zero-order valence-electron chi connectivity index (χ0n) is 14.9. The molecule has 0 unspecified atom stereocenters. The van der Waals surface area contributed by atoms with E-state index in [0.29, 0.717) is 0 Å². The fourth-order valence-corrected chi connectivity index (χ4v) is 9.20. The fraction of sp³-hybridized carbons (Fsp3) is 0.368. The molecular formula is C19H23O5PS. The zero-order chi connectivity index (χ0) is 18.8. The summed E-state index contributed by atoms with van der Waals surface area (Å²) in [5.74, 6) is -0.433. The maximum atomic E-state index is 13.7. The van der Waals surface area contributed by atoms with E-state index >= 15 is 0 Å². The molecule has 7 heteroatoms. The Kier molecular flexibility index (Phi) is 5.40. The van der Waals surface area contributed by atoms with Crippen molar-refractivity contribution in [2.75, 3.05) is 13.2 Å². The van der Waals surface area contributed by atoms with E-state index in [4.69, 9.17) is 9.05 Å². The molecule has 0 aliphatic heterocycles. The summed E-state index contributed by atoms with van der Waals surface area (Å²) < 4.78 is 50.2. The SMILES string of the molecule is CCOP(=O)(OCC)[C@]1(S(=O)(=O)c2ccccc2)C[C@H]1c1ccccc1. The molecule has 0 spiro atoms. The Morgan fingerprint density at radius 1 is 0.962 bits per heavy atom. The molecule has 1 aliphatic carbocycles. The van der Waals surface area contributed by atoms with Crippen molar-refractivity contribution in [2.45, 2.75) is 35.6 Å². The Bertz CT molecular complexity index is 888. The Morgan fingerprint density at radius 3 is 1.96 bits per heavy atom. The highest BCUT2D eigenvalue weighted by molar-refractivity contribution is 8.00. The molecule has 0 aromatic heterocycles. The van der Waals surface area contributed by atoms with Gasteiger partial charge in [0.2, 0.25) is 0 Å². The highest BCUT2D eigenvalue weighted by Gasteiger charge is 2.76. The molecule has 2 aromatic rings. The minimum atomic E-state index is -3.94. The summed E-state index contributed by atoms with van der Waals surface area (Å²) in [6.45, 7) is 3.61. The summed E-state index contributed by atoms with van der Waals surface area (Å²) >= 11 is 0. The summed E-state index contributed by atoms with van der Waals surface area (Å²) in [7, 11) is -7.85. The average Bonchev–Trinajstić information content (AvgIpc) is 3.42. The summed E-state index contributed by atoms with van der Waals surface area (Å²) in [5, 5.41) is 0. The van der Waals surface area contributed by atoms with Crippen molar-refractivity contribution in [3.8, 4) is 0 Å². The van der Waals surface area contributed by atoms with Gasteiger partial charge in [-0.05, 0) is 38.0 Å². The van der Waals surface area contributed by atoms with Crippen LogP contribution in [0.5, 0.6) is 0 Å². The van der Waals surface area contributed by atoms with Gasteiger partial charge in [-0.15, -0.1) is 0 Å². The van der Waals surface area contributed by atoms with Gasteiger partial charge in [0.05, 0.1) is 18.1 Å². The standard InChI is InChI=1S/C19H23O5PS/c1-3-23-25(20,24-4-2)19(15-18(19)16-11-7-5-8-12-16)26(21,22)17-13-9-6-10-14-17/h5-14,18H,3-4,15H2,1-2H3/t18-,19-/m0/s1. The molecule has 0 bridgehead atoms. The summed E-state index contributed by atoms with van der Waals surface area (Å²) in [6, 6.07) is 17.4. The zero-order valence-corrected chi connectivity index (χ0v) is 16.6. The fourth-order valence-electron chi connectivity index (χ4n) is 3.44. The maximum Gasteiger partial charge on any atom is 0.352 e. The average molecular weight is 394 g/mol. The van der Waals surface area contributed by atoms with Gasteiger partial charge in [-0.25, -0.2) is 8.42 Å². The molecule has 140 valence electrons. The first-order valence-corrected chi connectivity index (χ1v) is 11.7. The van der Waals surface area contributed by atoms with Gasteiger partial charge in [-0.3, -0.25) is 4.57 Å². The molecule has 1 fully saturated rings. The lowest BCUT2D eigenvalue weighted by molar-refractivity contribution is 0.215. The predicted molar refractivity (Wildman–Crippen MR) is 101 cm³/mol. The van der Waals surface area contributed by atoms with E-state index in [1.807, 2.05) is 30.3 Å². The van der Waals surface area contributed by atoms with Crippen LogP contribution in [0.15, 0.2) is 65.6 Å². The Labute approximate surface area is 154 Å². The van der Waals surface area contributed by atoms with E-state index < -0.39 is 27.8 Å². The van der Waals surface area contributed by atoms with Crippen molar-refractivity contribution < 1.29 is 22.0 Å². The smallest absolute Gasteiger partial charge is 0.308 e. The van der Waals surface area contributed by atoms with E-state index in [1.165, 1.54) is 12.1 Å². The predicted octanol–water partition coefficient (Wildman–Crippen LogP) is 4.61. The lowest BCUT2D eigenvalue weighted by Crippen LogP contribution is -2.28. The molecule has 2 atom stereocenters. The summed E-state index contributed by atoms with van der Waals surface area (Å²) in [4.78, 5) is 0.137. The number of hydrogen-bond acceptors (Lipinski definition) is 5. The van der Waals surface area contributed by atoms with Gasteiger partial charge < -0.3 is 9.05 Å². The lowest BCUT2D eigenvalue weighted by Gasteiger charge is -2.27. The van der Waals surface area contributed by atoms with Crippen LogP contribution in [0.1, 0.15) is 31.7 Å². The topological polar surface area (TPSA) is 69.7 Å². The van der Waals surface area contributed by atoms with Gasteiger partial charge in [0.25, 0.3) is 0 Å². The Balaban J connectivity index is 2.18. The van der Waals surface area contributed by atoms with Crippen LogP contribution in [0.4, 0.5) is 0 Å². The summed E-state index contributed by atoms with van der Waals surface area (Å²) in [6.07, 6.45) is 0.214. The first kappa shape index (κ1) is 19.3. The maximum absolute atomic E-state index is 13.7. The summed E-state index contributed by atoms with van der Waals surface area (Å²) in [5.41, 5.74) is 0.826. The third-order valence-corrected chi connectivity index (χ3v) is 10.9. The molecule has 1 aliphatic rings. The molecule has 0 radical (unpaired) electrons. The van der Waals surface area contributed by atoms with Gasteiger partial charge in [0.15, 0.2) is 14.3 Å². The molecule has 26 heavy (non-hydrogen) atoms. The largest absolute Gasteiger partial charge is 0.352 e. The monoisotopic (exact) mass is 394 g/mol. The van der Waals surface area contributed by atoms with E-state index in [9.17, 15) is 13.0 Å². The van der Waals surface area contributed by atoms with Crippen molar-refractivity contribution in [1.82, 2.24) is 0 Å². The van der Waals surface area contributed by atoms with E-state index in [0.717, 1.165) is 5.56 Å². The second kappa shape index (κ2) is 7.28. The second-order valence-electron chi connectivity index (χ2n) is 6.16. The van der Waals surface area contributed by atoms with Crippen LogP contribution in [-0.2, 0) is 23.4 Å². The highest BCUT2D eigenvalue weighted by atomic mass is 32.2. The van der Waals surface area contributed by atoms with Crippen molar-refractivity contribution in [2.24, 2.45) is 0 Å². The number of sulfone groups is 1. The Hall–Kier alpha value is -1.46. The molecular weight excluding hydrogens is 371 g/mol. The minimum absolute atomic E-state index is 0.116. The van der Waals surface area contributed by atoms with Gasteiger partial charge in [-0.1, -0.05) is 48.5 Å². The van der Waals surface area contributed by atoms with Crippen LogP contribution in [0.2, 0.25) is 0 Å². The van der Waals surface area contributed by atoms with E-state index in [-0.39, 0.29) is 24.5 Å². The molecule has 3 rings (SSSR count). The van der Waals surface area contributed by atoms with Crippen molar-refractivity contribution in [1.29, 1.82) is 0 Å². The van der Waals surface area contributed by atoms with Gasteiger partial charge in [-0.2, -0.15) is 0 Å². The van der Waals surface area contributed by atoms with Crippen LogP contribution in [0.25, 0.3) is 0 Å². The first-order valence-electron chi connectivity index (χ1n) is 8.66. The molecule has 0 N–H and O–H groups in total. The Morgan fingerprint density at radius 2 is 1.46 bits per heavy atom. The minimum Gasteiger partial charge on any atom is -0.308 e. The van der Waals surface area contributed by atoms with Gasteiger partial charge >= 0.3 is 7.60 Å². The molecule has 1 saturated carbocycles. The van der Waals surface area contributed by atoms with Gasteiger partial charge in [0.1, 0.15) is 0 Å². The van der Waals surface area contributed by atoms with Crippen LogP contribution < -0.4 is 0 Å². The quantitative estimate of drug-likeness (QED) is 0.612. The molecule has 5 nitrogen and oxygen atoms in total. The molecule has 0 heterocycles. The third-order valence-electron chi connectivity index (χ3n) is 4.66. The molecule has 2 aromatic carbocycles. The molecule has 0 amide bonds. The van der Waals surface area contributed by atoms with Crippen LogP contribution >= 0.6 is 7.60 Å². The van der Waals surface area contributed by atoms with Gasteiger partial charge in [0, 0.05) is 5.92 Å². The number of benzene rings is 2. The first-order chi connectivity index (χ1) is 12.4. The van der Waals surface area contributed by atoms with Crippen LogP contribution in [-0.4, -0.2) is 26.1 Å². The van der Waals surface area contributed by atoms with Crippen molar-refractivity contribution in [3.63, 3.8) is 0 Å². The number of rotatable bonds is 8. The van der Waals surface area contributed by atoms with E-state index in [2.05, 4.69) is 0 Å². The number of hydrogen-bond donors (Lipinski definition) is 0.